The molecule has 2 heterocycles. The fourth-order valence-corrected chi connectivity index (χ4v) is 4.49. The minimum atomic E-state index is -0.485. The van der Waals surface area contributed by atoms with Crippen LogP contribution in [-0.4, -0.2) is 48.2 Å². The van der Waals surface area contributed by atoms with Gasteiger partial charge in [-0.3, -0.25) is 9.69 Å². The Labute approximate surface area is 187 Å². The summed E-state index contributed by atoms with van der Waals surface area (Å²) in [4.78, 5) is 35.1. The average Bonchev–Trinajstić information content (AvgIpc) is 3.02. The fourth-order valence-electron chi connectivity index (χ4n) is 3.01. The molecule has 0 radical (unpaired) electrons. The molecule has 0 bridgehead atoms. The van der Waals surface area contributed by atoms with E-state index in [2.05, 4.69) is 9.97 Å². The van der Waals surface area contributed by atoms with E-state index in [0.29, 0.717) is 56.2 Å². The fraction of sp³-hybridized carbons (Fsp3) is 0.350. The van der Waals surface area contributed by atoms with Crippen LogP contribution in [0.5, 0.6) is 0 Å². The maximum atomic E-state index is 12.6. The molecule has 160 valence electrons. The van der Waals surface area contributed by atoms with E-state index in [1.54, 1.807) is 13.0 Å². The van der Waals surface area contributed by atoms with Crippen molar-refractivity contribution in [2.45, 2.75) is 20.0 Å². The molecule has 30 heavy (non-hydrogen) atoms. The van der Waals surface area contributed by atoms with E-state index < -0.39 is 5.97 Å². The highest BCUT2D eigenvalue weighted by molar-refractivity contribution is 7.20. The van der Waals surface area contributed by atoms with Crippen molar-refractivity contribution >= 4 is 50.7 Å². The highest BCUT2D eigenvalue weighted by atomic mass is 35.5. The number of aryl methyl sites for hydroxylation is 1. The van der Waals surface area contributed by atoms with Crippen LogP contribution in [0, 0.1) is 6.92 Å². The lowest BCUT2D eigenvalue weighted by Crippen LogP contribution is -2.22. The van der Waals surface area contributed by atoms with Crippen LogP contribution in [0.2, 0.25) is 10.0 Å². The van der Waals surface area contributed by atoms with E-state index in [0.717, 1.165) is 16.9 Å². The van der Waals surface area contributed by atoms with Gasteiger partial charge in [-0.2, -0.15) is 0 Å². The van der Waals surface area contributed by atoms with E-state index in [1.165, 1.54) is 7.11 Å². The van der Waals surface area contributed by atoms with Gasteiger partial charge >= 0.3 is 5.97 Å². The van der Waals surface area contributed by atoms with Crippen LogP contribution in [0.3, 0.4) is 0 Å². The Morgan fingerprint density at radius 3 is 2.77 bits per heavy atom. The van der Waals surface area contributed by atoms with Gasteiger partial charge in [-0.25, -0.2) is 9.78 Å². The van der Waals surface area contributed by atoms with Crippen molar-refractivity contribution < 1.29 is 14.3 Å². The monoisotopic (exact) mass is 469 g/mol. The predicted molar refractivity (Wildman–Crippen MR) is 119 cm³/mol. The number of nitrogens with one attached hydrogen (secondary N) is 1. The molecule has 0 saturated heterocycles. The lowest BCUT2D eigenvalue weighted by molar-refractivity contribution is 0.0393. The van der Waals surface area contributed by atoms with Crippen LogP contribution in [0.15, 0.2) is 23.0 Å². The summed E-state index contributed by atoms with van der Waals surface area (Å²) in [6.45, 7) is 3.09. The van der Waals surface area contributed by atoms with Crippen LogP contribution >= 0.6 is 34.5 Å². The molecule has 0 unspecified atom stereocenters. The second-order valence-electron chi connectivity index (χ2n) is 6.76. The molecule has 0 saturated carbocycles. The predicted octanol–water partition coefficient (Wildman–Crippen LogP) is 4.04. The van der Waals surface area contributed by atoms with E-state index in [-0.39, 0.29) is 12.2 Å². The van der Waals surface area contributed by atoms with Gasteiger partial charge in [-0.05, 0) is 31.2 Å². The van der Waals surface area contributed by atoms with Gasteiger partial charge < -0.3 is 14.5 Å². The number of benzene rings is 1. The van der Waals surface area contributed by atoms with Crippen molar-refractivity contribution in [2.75, 3.05) is 27.4 Å². The molecule has 3 rings (SSSR count). The third kappa shape index (κ3) is 5.01. The molecule has 0 aliphatic heterocycles. The number of methoxy groups -OCH3 is 1. The zero-order chi connectivity index (χ0) is 21.8. The molecule has 0 atom stereocenters. The summed E-state index contributed by atoms with van der Waals surface area (Å²) < 4.78 is 10.1. The number of esters is 1. The van der Waals surface area contributed by atoms with E-state index in [4.69, 9.17) is 32.7 Å². The number of thiophene rings is 1. The molecule has 0 aliphatic rings. The van der Waals surface area contributed by atoms with E-state index >= 15 is 0 Å². The number of halogens is 2. The third-order valence-corrected chi connectivity index (χ3v) is 6.47. The number of H-pyrrole nitrogens is 1. The van der Waals surface area contributed by atoms with Crippen LogP contribution < -0.4 is 5.56 Å². The Hall–Kier alpha value is -1.97. The Morgan fingerprint density at radius 2 is 2.03 bits per heavy atom. The molecule has 0 amide bonds. The zero-order valence-corrected chi connectivity index (χ0v) is 19.1. The van der Waals surface area contributed by atoms with Crippen LogP contribution in [0.25, 0.3) is 10.2 Å². The highest BCUT2D eigenvalue weighted by Gasteiger charge is 2.21. The first-order chi connectivity index (χ1) is 14.3. The number of ether oxygens (including phenoxy) is 2. The quantitative estimate of drug-likeness (QED) is 0.395. The van der Waals surface area contributed by atoms with Crippen molar-refractivity contribution in [1.29, 1.82) is 0 Å². The number of aromatic nitrogens is 2. The summed E-state index contributed by atoms with van der Waals surface area (Å²) in [5.74, 6) is 0.00918. The minimum Gasteiger partial charge on any atom is -0.459 e. The molecule has 3 aromatic rings. The number of hydrogen-bond acceptors (Lipinski definition) is 7. The van der Waals surface area contributed by atoms with Crippen LogP contribution in [0.1, 0.15) is 26.6 Å². The number of nitrogens with zero attached hydrogens (tertiary/aromatic N) is 2. The van der Waals surface area contributed by atoms with Crippen molar-refractivity contribution in [3.8, 4) is 0 Å². The van der Waals surface area contributed by atoms with E-state index in [9.17, 15) is 9.59 Å². The second kappa shape index (κ2) is 9.89. The summed E-state index contributed by atoms with van der Waals surface area (Å²) in [6.07, 6.45) is 0. The van der Waals surface area contributed by atoms with Gasteiger partial charge in [-0.1, -0.05) is 35.3 Å². The summed E-state index contributed by atoms with van der Waals surface area (Å²) in [5, 5.41) is 1.41. The summed E-state index contributed by atoms with van der Waals surface area (Å²) in [5.41, 5.74) is 1.16. The lowest BCUT2D eigenvalue weighted by Gasteiger charge is -2.17. The molecule has 0 aliphatic carbocycles. The van der Waals surface area contributed by atoms with Crippen molar-refractivity contribution in [1.82, 2.24) is 14.9 Å². The molecule has 2 aromatic heterocycles. The van der Waals surface area contributed by atoms with Gasteiger partial charge in [-0.15, -0.1) is 11.3 Å². The van der Waals surface area contributed by atoms with Gasteiger partial charge in [0.15, 0.2) is 0 Å². The second-order valence-corrected chi connectivity index (χ2v) is 8.55. The molecular formula is C20H21Cl2N3O4S. The number of fused-ring (bicyclic) bond motifs is 1. The van der Waals surface area contributed by atoms with Gasteiger partial charge in [0, 0.05) is 13.7 Å². The van der Waals surface area contributed by atoms with Gasteiger partial charge in [0.2, 0.25) is 0 Å². The third-order valence-electron chi connectivity index (χ3n) is 4.45. The largest absolute Gasteiger partial charge is 0.459 e. The number of carbonyl (C=O) groups is 1. The van der Waals surface area contributed by atoms with E-state index in [1.807, 2.05) is 24.1 Å². The minimum absolute atomic E-state index is 0.148. The van der Waals surface area contributed by atoms with Gasteiger partial charge in [0.1, 0.15) is 22.1 Å². The standard InChI is InChI=1S/C20H21Cl2N3O4S/c1-11-15-18(26)23-14(10-25(2)9-12-5-4-6-13(21)16(12)22)24-19(15)30-17(11)20(27)29-8-7-28-3/h4-6H,7-10H2,1-3H3,(H,23,24,26). The molecule has 7 nitrogen and oxygen atoms in total. The maximum absolute atomic E-state index is 12.6. The molecule has 0 spiro atoms. The first kappa shape index (κ1) is 22.7. The lowest BCUT2D eigenvalue weighted by atomic mass is 10.2. The molecule has 0 fully saturated rings. The number of carbonyl (C=O) groups excluding carboxylic acids is 1. The normalized spacial score (nSPS) is 11.4. The molecular weight excluding hydrogens is 449 g/mol. The van der Waals surface area contributed by atoms with Crippen LogP contribution in [-0.2, 0) is 22.6 Å². The Kier molecular flexibility index (Phi) is 7.49. The molecule has 1 N–H and O–H groups in total. The maximum Gasteiger partial charge on any atom is 0.348 e. The summed E-state index contributed by atoms with van der Waals surface area (Å²) >= 11 is 13.5. The Bertz CT molecular complexity index is 1130. The van der Waals surface area contributed by atoms with Crippen molar-refractivity contribution in [2.24, 2.45) is 0 Å². The summed E-state index contributed by atoms with van der Waals surface area (Å²) in [6, 6.07) is 5.47. The summed E-state index contributed by atoms with van der Waals surface area (Å²) in [7, 11) is 3.42. The first-order valence-corrected chi connectivity index (χ1v) is 10.7. The Balaban J connectivity index is 1.81. The highest BCUT2D eigenvalue weighted by Crippen LogP contribution is 2.28. The van der Waals surface area contributed by atoms with Crippen molar-refractivity contribution in [3.05, 3.63) is 60.4 Å². The molecule has 10 heteroatoms. The number of aromatic amines is 1. The van der Waals surface area contributed by atoms with Crippen molar-refractivity contribution in [3.63, 3.8) is 0 Å². The Morgan fingerprint density at radius 1 is 1.27 bits per heavy atom. The average molecular weight is 470 g/mol. The van der Waals surface area contributed by atoms with Gasteiger partial charge in [0.05, 0.1) is 28.6 Å². The number of hydrogen-bond donors (Lipinski definition) is 1. The van der Waals surface area contributed by atoms with Crippen LogP contribution in [0.4, 0.5) is 0 Å². The smallest absolute Gasteiger partial charge is 0.348 e. The number of rotatable bonds is 8. The SMILES string of the molecule is COCCOC(=O)c1sc2nc(CN(C)Cc3cccc(Cl)c3Cl)[nH]c(=O)c2c1C. The molecule has 1 aromatic carbocycles. The first-order valence-electron chi connectivity index (χ1n) is 9.11. The zero-order valence-electron chi connectivity index (χ0n) is 16.8. The topological polar surface area (TPSA) is 84.5 Å². The van der Waals surface area contributed by atoms with Gasteiger partial charge in [0.25, 0.3) is 5.56 Å².